The number of anilines is 1. The van der Waals surface area contributed by atoms with Gasteiger partial charge >= 0.3 is 0 Å². The van der Waals surface area contributed by atoms with Crippen LogP contribution in [0.1, 0.15) is 47.3 Å². The van der Waals surface area contributed by atoms with Crippen LogP contribution in [-0.4, -0.2) is 69.5 Å². The first-order valence-electron chi connectivity index (χ1n) is 10.8. The van der Waals surface area contributed by atoms with E-state index in [4.69, 9.17) is 10.5 Å². The molecule has 0 aliphatic carbocycles. The number of hydrogen-bond donors (Lipinski definition) is 1. The Hall–Kier alpha value is -2.58. The molecule has 0 saturated carbocycles. The van der Waals surface area contributed by atoms with Gasteiger partial charge in [0.2, 0.25) is 5.95 Å². The van der Waals surface area contributed by atoms with Gasteiger partial charge in [-0.15, -0.1) is 0 Å². The van der Waals surface area contributed by atoms with Crippen molar-refractivity contribution in [2.24, 2.45) is 0 Å². The number of ether oxygens (including phenoxy) is 1. The molecule has 5 rings (SSSR count). The van der Waals surface area contributed by atoms with Crippen LogP contribution in [0.15, 0.2) is 30.7 Å². The molecule has 0 radical (unpaired) electrons. The van der Waals surface area contributed by atoms with Crippen molar-refractivity contribution in [1.82, 2.24) is 24.8 Å². The van der Waals surface area contributed by atoms with Crippen LogP contribution in [0.4, 0.5) is 5.95 Å². The number of amides is 1. The lowest BCUT2D eigenvalue weighted by Gasteiger charge is -2.47. The standard InChI is InChI=1S/C22H28N6O2/c23-21-25-15-16-5-13-30-22(19(16)26-21)6-11-27(12-7-22)18-3-9-28(10-4-18)20(29)17-2-1-8-24-14-17/h1-2,8,14-15,18H,3-7,9-13H2,(H2,23,25,26). The Kier molecular flexibility index (Phi) is 5.12. The predicted molar refractivity (Wildman–Crippen MR) is 112 cm³/mol. The molecule has 2 fully saturated rings. The van der Waals surface area contributed by atoms with Crippen molar-refractivity contribution in [2.45, 2.75) is 43.7 Å². The molecule has 5 heterocycles. The number of pyridine rings is 1. The van der Waals surface area contributed by atoms with Crippen LogP contribution < -0.4 is 5.73 Å². The second-order valence-electron chi connectivity index (χ2n) is 8.50. The maximum Gasteiger partial charge on any atom is 0.255 e. The number of nitrogen functional groups attached to an aromatic ring is 1. The molecule has 8 nitrogen and oxygen atoms in total. The summed E-state index contributed by atoms with van der Waals surface area (Å²) in [4.78, 5) is 30.0. The Morgan fingerprint density at radius 2 is 1.97 bits per heavy atom. The molecule has 0 bridgehead atoms. The van der Waals surface area contributed by atoms with Crippen molar-refractivity contribution in [3.8, 4) is 0 Å². The van der Waals surface area contributed by atoms with Gasteiger partial charge in [0.25, 0.3) is 5.91 Å². The Balaban J connectivity index is 1.20. The molecular formula is C22H28N6O2. The van der Waals surface area contributed by atoms with E-state index in [2.05, 4.69) is 19.9 Å². The fourth-order valence-electron chi connectivity index (χ4n) is 5.16. The van der Waals surface area contributed by atoms with Crippen molar-refractivity contribution in [3.05, 3.63) is 47.5 Å². The van der Waals surface area contributed by atoms with Gasteiger partial charge in [-0.1, -0.05) is 0 Å². The number of fused-ring (bicyclic) bond motifs is 2. The maximum absolute atomic E-state index is 12.7. The summed E-state index contributed by atoms with van der Waals surface area (Å²) in [6.45, 7) is 4.26. The molecule has 158 valence electrons. The third-order valence-corrected chi connectivity index (χ3v) is 6.85. The monoisotopic (exact) mass is 408 g/mol. The van der Waals surface area contributed by atoms with Crippen LogP contribution in [0.25, 0.3) is 0 Å². The van der Waals surface area contributed by atoms with Crippen LogP contribution in [0.5, 0.6) is 0 Å². The van der Waals surface area contributed by atoms with Crippen molar-refractivity contribution < 1.29 is 9.53 Å². The first kappa shape index (κ1) is 19.4. The minimum Gasteiger partial charge on any atom is -0.368 e. The minimum absolute atomic E-state index is 0.0867. The van der Waals surface area contributed by atoms with Crippen molar-refractivity contribution in [2.75, 3.05) is 38.5 Å². The van der Waals surface area contributed by atoms with Crippen LogP contribution in [-0.2, 0) is 16.8 Å². The molecule has 1 amide bonds. The molecule has 0 atom stereocenters. The molecule has 0 unspecified atom stereocenters. The van der Waals surface area contributed by atoms with E-state index >= 15 is 0 Å². The first-order valence-corrected chi connectivity index (χ1v) is 10.8. The summed E-state index contributed by atoms with van der Waals surface area (Å²) < 4.78 is 6.29. The zero-order valence-corrected chi connectivity index (χ0v) is 17.2. The van der Waals surface area contributed by atoms with Crippen LogP contribution in [0.3, 0.4) is 0 Å². The molecule has 3 aliphatic heterocycles. The minimum atomic E-state index is -0.321. The summed E-state index contributed by atoms with van der Waals surface area (Å²) in [5.74, 6) is 0.412. The number of hydrogen-bond acceptors (Lipinski definition) is 7. The summed E-state index contributed by atoms with van der Waals surface area (Å²) in [7, 11) is 0. The molecule has 1 spiro atoms. The van der Waals surface area contributed by atoms with E-state index in [-0.39, 0.29) is 11.5 Å². The van der Waals surface area contributed by atoms with Crippen molar-refractivity contribution >= 4 is 11.9 Å². The average Bonchev–Trinajstić information content (AvgIpc) is 2.80. The zero-order chi connectivity index (χ0) is 20.6. The van der Waals surface area contributed by atoms with Crippen LogP contribution in [0.2, 0.25) is 0 Å². The number of nitrogens with two attached hydrogens (primary N) is 1. The highest BCUT2D eigenvalue weighted by atomic mass is 16.5. The highest BCUT2D eigenvalue weighted by Crippen LogP contribution is 2.41. The second kappa shape index (κ2) is 7.92. The van der Waals surface area contributed by atoms with E-state index in [9.17, 15) is 4.79 Å². The lowest BCUT2D eigenvalue weighted by Crippen LogP contribution is -2.53. The lowest BCUT2D eigenvalue weighted by atomic mass is 9.82. The third-order valence-electron chi connectivity index (χ3n) is 6.85. The van der Waals surface area contributed by atoms with E-state index in [1.807, 2.05) is 23.2 Å². The summed E-state index contributed by atoms with van der Waals surface area (Å²) in [5.41, 5.74) is 8.39. The molecule has 0 aromatic carbocycles. The smallest absolute Gasteiger partial charge is 0.255 e. The molecule has 2 saturated heterocycles. The number of nitrogens with zero attached hydrogens (tertiary/aromatic N) is 5. The summed E-state index contributed by atoms with van der Waals surface area (Å²) in [6, 6.07) is 4.16. The van der Waals surface area contributed by atoms with Crippen LogP contribution in [0, 0.1) is 0 Å². The Morgan fingerprint density at radius 1 is 1.17 bits per heavy atom. The molecular weight excluding hydrogens is 380 g/mol. The number of carbonyl (C=O) groups excluding carboxylic acids is 1. The summed E-state index contributed by atoms with van der Waals surface area (Å²) >= 11 is 0. The average molecular weight is 409 g/mol. The molecule has 3 aliphatic rings. The number of rotatable bonds is 2. The summed E-state index contributed by atoms with van der Waals surface area (Å²) in [6.07, 6.45) is 9.92. The van der Waals surface area contributed by atoms with E-state index < -0.39 is 0 Å². The Bertz CT molecular complexity index is 905. The number of carbonyl (C=O) groups is 1. The van der Waals surface area contributed by atoms with Crippen molar-refractivity contribution in [1.29, 1.82) is 0 Å². The number of aromatic nitrogens is 3. The Morgan fingerprint density at radius 3 is 2.70 bits per heavy atom. The lowest BCUT2D eigenvalue weighted by molar-refractivity contribution is -0.108. The fourth-order valence-corrected chi connectivity index (χ4v) is 5.16. The van der Waals surface area contributed by atoms with Crippen LogP contribution >= 0.6 is 0 Å². The van der Waals surface area contributed by atoms with E-state index in [0.717, 1.165) is 70.6 Å². The van der Waals surface area contributed by atoms with Gasteiger partial charge in [0.1, 0.15) is 5.60 Å². The van der Waals surface area contributed by atoms with E-state index in [1.165, 1.54) is 5.56 Å². The topological polar surface area (TPSA) is 97.5 Å². The van der Waals surface area contributed by atoms with Gasteiger partial charge in [0.15, 0.2) is 0 Å². The normalized spacial score (nSPS) is 22.1. The Labute approximate surface area is 176 Å². The number of likely N-dealkylation sites (tertiary alicyclic amines) is 2. The SMILES string of the molecule is Nc1ncc2c(n1)C1(CCN(C3CCN(C(=O)c4cccnc4)CC3)CC1)OCC2. The highest BCUT2D eigenvalue weighted by Gasteiger charge is 2.43. The molecule has 2 N–H and O–H groups in total. The molecule has 30 heavy (non-hydrogen) atoms. The van der Waals surface area contributed by atoms with Gasteiger partial charge in [0, 0.05) is 50.8 Å². The highest BCUT2D eigenvalue weighted by molar-refractivity contribution is 5.93. The first-order chi connectivity index (χ1) is 14.6. The largest absolute Gasteiger partial charge is 0.368 e. The molecule has 2 aromatic heterocycles. The van der Waals surface area contributed by atoms with Gasteiger partial charge in [-0.2, -0.15) is 0 Å². The fraction of sp³-hybridized carbons (Fsp3) is 0.545. The molecule has 8 heteroatoms. The van der Waals surface area contributed by atoms with E-state index in [1.54, 1.807) is 12.4 Å². The maximum atomic E-state index is 12.7. The van der Waals surface area contributed by atoms with Gasteiger partial charge in [-0.05, 0) is 49.8 Å². The van der Waals surface area contributed by atoms with Gasteiger partial charge in [-0.3, -0.25) is 9.78 Å². The number of piperidine rings is 2. The van der Waals surface area contributed by atoms with Gasteiger partial charge in [-0.25, -0.2) is 9.97 Å². The zero-order valence-electron chi connectivity index (χ0n) is 17.2. The van der Waals surface area contributed by atoms with Crippen molar-refractivity contribution in [3.63, 3.8) is 0 Å². The third kappa shape index (κ3) is 3.54. The molecule has 2 aromatic rings. The summed E-state index contributed by atoms with van der Waals surface area (Å²) in [5, 5.41) is 0. The van der Waals surface area contributed by atoms with Gasteiger partial charge in [0.05, 0.1) is 17.9 Å². The second-order valence-corrected chi connectivity index (χ2v) is 8.50. The quantitative estimate of drug-likeness (QED) is 0.806. The predicted octanol–water partition coefficient (Wildman–Crippen LogP) is 1.62. The van der Waals surface area contributed by atoms with Gasteiger partial charge < -0.3 is 20.3 Å². The van der Waals surface area contributed by atoms with E-state index in [0.29, 0.717) is 17.6 Å².